The molecule has 0 radical (unpaired) electrons. The maximum absolute atomic E-state index is 13.2. The van der Waals surface area contributed by atoms with Gasteiger partial charge >= 0.3 is 12.1 Å². The summed E-state index contributed by atoms with van der Waals surface area (Å²) in [5.74, 6) is 1.70. The number of carbonyl (C=O) groups excluding carboxylic acids is 1. The maximum Gasteiger partial charge on any atom is 0.410 e. The lowest BCUT2D eigenvalue weighted by molar-refractivity contribution is 0.0767. The summed E-state index contributed by atoms with van der Waals surface area (Å²) >= 11 is 0. The number of aromatic nitrogens is 2. The number of amides is 1. The minimum atomic E-state index is -0.400. The van der Waals surface area contributed by atoms with Crippen LogP contribution in [0.5, 0.6) is 11.8 Å². The summed E-state index contributed by atoms with van der Waals surface area (Å²) in [6.07, 6.45) is 2.81. The van der Waals surface area contributed by atoms with Gasteiger partial charge in [0.15, 0.2) is 0 Å². The number of likely N-dealkylation sites (tertiary alicyclic amines) is 1. The van der Waals surface area contributed by atoms with Gasteiger partial charge in [0, 0.05) is 49.0 Å². The third-order valence-corrected chi connectivity index (χ3v) is 9.46. The largest absolute Gasteiger partial charge is 0.496 e. The van der Waals surface area contributed by atoms with Crippen molar-refractivity contribution in [2.45, 2.75) is 57.8 Å². The predicted octanol–water partition coefficient (Wildman–Crippen LogP) is 4.57. The highest BCUT2D eigenvalue weighted by Gasteiger charge is 2.35. The number of likely N-dealkylation sites (N-methyl/N-ethyl adjacent to an activating group) is 1. The van der Waals surface area contributed by atoms with Crippen LogP contribution in [0.15, 0.2) is 48.5 Å². The van der Waals surface area contributed by atoms with E-state index < -0.39 is 6.09 Å². The number of benzene rings is 2. The van der Waals surface area contributed by atoms with E-state index in [1.807, 2.05) is 42.5 Å². The molecule has 242 valence electrons. The molecule has 2 fully saturated rings. The van der Waals surface area contributed by atoms with E-state index in [9.17, 15) is 10.1 Å². The third kappa shape index (κ3) is 6.82. The summed E-state index contributed by atoms with van der Waals surface area (Å²) in [5.41, 5.74) is 5.18. The van der Waals surface area contributed by atoms with E-state index in [0.717, 1.165) is 72.0 Å². The Balaban J connectivity index is 1.25. The molecular formula is C35H43N7O4. The van der Waals surface area contributed by atoms with Gasteiger partial charge in [0.2, 0.25) is 0 Å². The average molecular weight is 626 g/mol. The van der Waals surface area contributed by atoms with Crippen LogP contribution in [0.25, 0.3) is 0 Å². The molecule has 0 aliphatic carbocycles. The second-order valence-corrected chi connectivity index (χ2v) is 12.3. The zero-order chi connectivity index (χ0) is 32.0. The fourth-order valence-electron chi connectivity index (χ4n) is 6.82. The molecule has 1 aromatic heterocycles. The van der Waals surface area contributed by atoms with Crippen LogP contribution in [-0.4, -0.2) is 91.4 Å². The zero-order valence-electron chi connectivity index (χ0n) is 27.0. The van der Waals surface area contributed by atoms with Crippen molar-refractivity contribution in [3.63, 3.8) is 0 Å². The molecule has 3 aliphatic rings. The van der Waals surface area contributed by atoms with Crippen LogP contribution >= 0.6 is 0 Å². The highest BCUT2D eigenvalue weighted by atomic mass is 16.6. The Kier molecular flexibility index (Phi) is 9.73. The van der Waals surface area contributed by atoms with Gasteiger partial charge in [-0.2, -0.15) is 15.2 Å². The molecular weight excluding hydrogens is 582 g/mol. The van der Waals surface area contributed by atoms with Crippen LogP contribution in [0.4, 0.5) is 16.3 Å². The van der Waals surface area contributed by atoms with E-state index in [1.165, 1.54) is 0 Å². The first-order valence-corrected chi connectivity index (χ1v) is 16.2. The highest BCUT2D eigenvalue weighted by molar-refractivity contribution is 5.69. The molecule has 0 unspecified atom stereocenters. The number of rotatable bonds is 9. The van der Waals surface area contributed by atoms with Crippen LogP contribution in [0, 0.1) is 18.3 Å². The van der Waals surface area contributed by atoms with Gasteiger partial charge in [-0.05, 0) is 57.5 Å². The van der Waals surface area contributed by atoms with Crippen LogP contribution in [0.1, 0.15) is 41.6 Å². The number of hydrogen-bond acceptors (Lipinski definition) is 10. The Labute approximate surface area is 271 Å². The molecule has 2 atom stereocenters. The normalized spacial score (nSPS) is 19.8. The van der Waals surface area contributed by atoms with Crippen molar-refractivity contribution in [3.8, 4) is 17.8 Å². The van der Waals surface area contributed by atoms with Crippen molar-refractivity contribution in [2.75, 3.05) is 63.3 Å². The number of nitrogens with zero attached hydrogens (tertiary/aromatic N) is 7. The van der Waals surface area contributed by atoms with Crippen molar-refractivity contribution in [1.29, 1.82) is 5.26 Å². The molecule has 46 heavy (non-hydrogen) atoms. The smallest absolute Gasteiger partial charge is 0.410 e. The van der Waals surface area contributed by atoms with Gasteiger partial charge in [-0.3, -0.25) is 0 Å². The molecule has 2 saturated heterocycles. The summed E-state index contributed by atoms with van der Waals surface area (Å²) in [4.78, 5) is 31.7. The second kappa shape index (κ2) is 14.3. The number of methoxy groups -OCH3 is 1. The number of nitriles is 1. The molecule has 0 bridgehead atoms. The van der Waals surface area contributed by atoms with Gasteiger partial charge in [0.25, 0.3) is 0 Å². The number of fused-ring (bicyclic) bond motifs is 1. The van der Waals surface area contributed by atoms with E-state index in [2.05, 4.69) is 40.8 Å². The number of carbonyl (C=O) groups is 1. The number of hydrogen-bond donors (Lipinski definition) is 0. The lowest BCUT2D eigenvalue weighted by Crippen LogP contribution is -2.55. The number of ether oxygens (including phenoxy) is 3. The first-order chi connectivity index (χ1) is 22.4. The van der Waals surface area contributed by atoms with E-state index >= 15 is 0 Å². The summed E-state index contributed by atoms with van der Waals surface area (Å²) in [6.45, 7) is 6.76. The van der Waals surface area contributed by atoms with Gasteiger partial charge in [-0.1, -0.05) is 36.4 Å². The minimum absolute atomic E-state index is 0.193. The number of anilines is 2. The van der Waals surface area contributed by atoms with Crippen molar-refractivity contribution in [1.82, 2.24) is 19.8 Å². The number of piperazine rings is 1. The van der Waals surface area contributed by atoms with Gasteiger partial charge < -0.3 is 33.8 Å². The van der Waals surface area contributed by atoms with Crippen molar-refractivity contribution >= 4 is 17.6 Å². The quantitative estimate of drug-likeness (QED) is 0.336. The first kappa shape index (κ1) is 31.4. The van der Waals surface area contributed by atoms with Gasteiger partial charge in [0.05, 0.1) is 37.9 Å². The molecule has 11 nitrogen and oxygen atoms in total. The fraction of sp³-hybridized carbons (Fsp3) is 0.486. The van der Waals surface area contributed by atoms with Crippen molar-refractivity contribution in [3.05, 3.63) is 70.9 Å². The third-order valence-electron chi connectivity index (χ3n) is 9.46. The summed E-state index contributed by atoms with van der Waals surface area (Å²) in [5, 5.41) is 9.70. The minimum Gasteiger partial charge on any atom is -0.496 e. The molecule has 6 rings (SSSR count). The molecule has 0 saturated carbocycles. The van der Waals surface area contributed by atoms with E-state index in [1.54, 1.807) is 12.0 Å². The lowest BCUT2D eigenvalue weighted by atomic mass is 10.0. The van der Waals surface area contributed by atoms with Crippen LogP contribution < -0.4 is 19.3 Å². The molecule has 11 heteroatoms. The zero-order valence-corrected chi connectivity index (χ0v) is 27.0. The Morgan fingerprint density at radius 1 is 1.02 bits per heavy atom. The SMILES string of the molecule is COc1cccc(N2CCc3c(nc(OC[C@@H]4CCCN4C)nc3N3CCN(C(=O)OCc4ccccc4)[C@@H](CC#N)C3)C2)c1C. The Morgan fingerprint density at radius 2 is 1.87 bits per heavy atom. The summed E-state index contributed by atoms with van der Waals surface area (Å²) in [7, 11) is 3.83. The van der Waals surface area contributed by atoms with Crippen LogP contribution in [0.2, 0.25) is 0 Å². The maximum atomic E-state index is 13.2. The Morgan fingerprint density at radius 3 is 2.63 bits per heavy atom. The van der Waals surface area contributed by atoms with Crippen LogP contribution in [-0.2, 0) is 24.3 Å². The summed E-state index contributed by atoms with van der Waals surface area (Å²) in [6, 6.07) is 18.4. The average Bonchev–Trinajstić information content (AvgIpc) is 3.50. The fourth-order valence-corrected chi connectivity index (χ4v) is 6.82. The lowest BCUT2D eigenvalue weighted by Gasteiger charge is -2.42. The van der Waals surface area contributed by atoms with Gasteiger partial charge in [-0.25, -0.2) is 4.79 Å². The topological polar surface area (TPSA) is 107 Å². The molecule has 1 amide bonds. The van der Waals surface area contributed by atoms with Crippen molar-refractivity contribution in [2.24, 2.45) is 0 Å². The molecule has 2 aromatic carbocycles. The van der Waals surface area contributed by atoms with E-state index in [4.69, 9.17) is 24.2 Å². The standard InChI is InChI=1S/C35H43N7O4/c1-25-31(12-7-13-32(25)44-3)40-18-15-29-30(22-40)37-34(45-24-28-11-8-17-39(28)2)38-33(29)41-19-20-42(27(21-41)14-16-36)35(43)46-23-26-9-5-4-6-10-26/h4-7,9-10,12-13,27-28H,8,11,14-15,17-24H2,1-3H3/t27-,28-/m0/s1. The molecule has 0 N–H and O–H groups in total. The first-order valence-electron chi connectivity index (χ1n) is 16.2. The monoisotopic (exact) mass is 625 g/mol. The molecule has 4 heterocycles. The highest BCUT2D eigenvalue weighted by Crippen LogP contribution is 2.35. The van der Waals surface area contributed by atoms with E-state index in [-0.39, 0.29) is 19.1 Å². The Hall–Kier alpha value is -4.56. The van der Waals surface area contributed by atoms with Gasteiger partial charge in [0.1, 0.15) is 24.8 Å². The predicted molar refractivity (Wildman–Crippen MR) is 175 cm³/mol. The molecule has 0 spiro atoms. The Bertz CT molecular complexity index is 1560. The van der Waals surface area contributed by atoms with E-state index in [0.29, 0.717) is 44.8 Å². The second-order valence-electron chi connectivity index (χ2n) is 12.3. The molecule has 3 aliphatic heterocycles. The van der Waals surface area contributed by atoms with Crippen LogP contribution in [0.3, 0.4) is 0 Å². The van der Waals surface area contributed by atoms with Gasteiger partial charge in [-0.15, -0.1) is 0 Å². The summed E-state index contributed by atoms with van der Waals surface area (Å²) < 4.78 is 17.6. The van der Waals surface area contributed by atoms with Crippen molar-refractivity contribution < 1.29 is 19.0 Å². The molecule has 3 aromatic rings.